The molecule has 0 bridgehead atoms. The van der Waals surface area contributed by atoms with Crippen molar-refractivity contribution in [2.75, 3.05) is 20.7 Å². The molecule has 5 N–H and O–H groups in total. The number of allylic oxidation sites excluding steroid dienone is 2. The van der Waals surface area contributed by atoms with Crippen LogP contribution in [0.2, 0.25) is 5.02 Å². The van der Waals surface area contributed by atoms with E-state index < -0.39 is 85.3 Å². The summed E-state index contributed by atoms with van der Waals surface area (Å²) in [4.78, 5) is 84.0. The Kier molecular flexibility index (Phi) is 7.32. The number of carbonyl (C=O) groups is 5. The Morgan fingerprint density at radius 3 is 2.34 bits per heavy atom. The van der Waals surface area contributed by atoms with E-state index in [1.807, 2.05) is 13.8 Å². The molecule has 2 aromatic carbocycles. The number of carbonyl (C=O) groups excluding carboxylic acids is 5. The number of fused-ring (bicyclic) bond motifs is 5. The van der Waals surface area contributed by atoms with Crippen molar-refractivity contribution in [2.24, 2.45) is 5.10 Å². The summed E-state index contributed by atoms with van der Waals surface area (Å²) >= 11 is 6.76. The van der Waals surface area contributed by atoms with Crippen LogP contribution in [0.5, 0.6) is 17.2 Å². The van der Waals surface area contributed by atoms with Crippen LogP contribution in [0.4, 0.5) is 0 Å². The van der Waals surface area contributed by atoms with E-state index in [2.05, 4.69) is 15.5 Å². The van der Waals surface area contributed by atoms with Gasteiger partial charge in [0.05, 0.1) is 58.2 Å². The van der Waals surface area contributed by atoms with Crippen molar-refractivity contribution >= 4 is 57.6 Å². The van der Waals surface area contributed by atoms with Crippen LogP contribution in [0.15, 0.2) is 27.8 Å². The van der Waals surface area contributed by atoms with Crippen LogP contribution in [-0.4, -0.2) is 87.2 Å². The summed E-state index contributed by atoms with van der Waals surface area (Å²) in [6, 6.07) is 1.52. The number of nitrogens with zero attached hydrogens (tertiary/aromatic N) is 2. The number of benzene rings is 2. The number of Topliss-reactive ketones (excluding diaryl/α,β-unsaturated/α-hetero) is 3. The van der Waals surface area contributed by atoms with Crippen molar-refractivity contribution in [3.05, 3.63) is 72.4 Å². The van der Waals surface area contributed by atoms with Gasteiger partial charge >= 0.3 is 0 Å². The van der Waals surface area contributed by atoms with Gasteiger partial charge in [-0.2, -0.15) is 5.10 Å². The second-order valence-corrected chi connectivity index (χ2v) is 12.2. The fourth-order valence-electron chi connectivity index (χ4n) is 6.49. The molecule has 1 amide bonds. The summed E-state index contributed by atoms with van der Waals surface area (Å²) in [7, 11) is 2.89. The van der Waals surface area contributed by atoms with E-state index in [1.165, 1.54) is 12.3 Å². The van der Waals surface area contributed by atoms with Gasteiger partial charge in [-0.25, -0.2) is 5.43 Å². The van der Waals surface area contributed by atoms with E-state index in [0.717, 1.165) is 13.2 Å². The average molecular weight is 663 g/mol. The molecule has 3 aromatic rings. The van der Waals surface area contributed by atoms with Gasteiger partial charge < -0.3 is 25.0 Å². The zero-order chi connectivity index (χ0) is 34.3. The first-order valence-electron chi connectivity index (χ1n) is 14.4. The number of aromatic nitrogens is 1. The number of halogens is 1. The van der Waals surface area contributed by atoms with Gasteiger partial charge in [0.25, 0.3) is 11.5 Å². The number of H-pyrrole nitrogens is 1. The van der Waals surface area contributed by atoms with E-state index in [1.54, 1.807) is 11.9 Å². The highest BCUT2D eigenvalue weighted by Crippen LogP contribution is 2.58. The fraction of sp³-hybridized carbons (Fsp3) is 0.281. The van der Waals surface area contributed by atoms with Crippen LogP contribution in [0.1, 0.15) is 78.5 Å². The van der Waals surface area contributed by atoms with Crippen molar-refractivity contribution < 1.29 is 44.0 Å². The minimum Gasteiger partial charge on any atom is -0.507 e. The van der Waals surface area contributed by atoms with Gasteiger partial charge in [-0.3, -0.25) is 33.7 Å². The normalized spacial score (nSPS) is 18.5. The third-order valence-corrected chi connectivity index (χ3v) is 9.46. The molecule has 15 heteroatoms. The van der Waals surface area contributed by atoms with Crippen molar-refractivity contribution in [2.45, 2.75) is 38.1 Å². The first kappa shape index (κ1) is 31.6. The molecule has 3 aliphatic carbocycles. The number of methoxy groups -OCH3 is 1. The first-order valence-corrected chi connectivity index (χ1v) is 14.7. The van der Waals surface area contributed by atoms with Crippen LogP contribution in [0.3, 0.4) is 0 Å². The number of ether oxygens (including phenoxy) is 1. The van der Waals surface area contributed by atoms with Gasteiger partial charge in [0.1, 0.15) is 22.7 Å². The third kappa shape index (κ3) is 4.32. The minimum absolute atomic E-state index is 0.0345. The highest BCUT2D eigenvalue weighted by molar-refractivity contribution is 6.41. The highest BCUT2D eigenvalue weighted by Gasteiger charge is 2.62. The molecule has 0 fully saturated rings. The van der Waals surface area contributed by atoms with Crippen LogP contribution < -0.4 is 11.0 Å². The molecule has 0 saturated heterocycles. The topological polar surface area (TPSA) is 216 Å². The number of nitrogens with one attached hydrogen (secondary N) is 2. The summed E-state index contributed by atoms with van der Waals surface area (Å²) in [5.41, 5.74) is -3.47. The lowest BCUT2D eigenvalue weighted by atomic mass is 9.76. The number of hydrogen-bond acceptors (Lipinski definition) is 12. The summed E-state index contributed by atoms with van der Waals surface area (Å²) in [5, 5.41) is 37.4. The number of pyridine rings is 1. The van der Waals surface area contributed by atoms with Gasteiger partial charge in [0.2, 0.25) is 5.78 Å². The van der Waals surface area contributed by atoms with Crippen molar-refractivity contribution in [3.8, 4) is 17.2 Å². The summed E-state index contributed by atoms with van der Waals surface area (Å²) in [6.45, 7) is 3.92. The van der Waals surface area contributed by atoms with Crippen molar-refractivity contribution in [1.82, 2.24) is 15.3 Å². The Labute approximate surface area is 270 Å². The van der Waals surface area contributed by atoms with E-state index in [9.17, 15) is 44.1 Å². The van der Waals surface area contributed by atoms with Gasteiger partial charge in [-0.05, 0) is 45.4 Å². The number of amides is 1. The first-order chi connectivity index (χ1) is 22.2. The molecule has 3 aliphatic rings. The van der Waals surface area contributed by atoms with E-state index >= 15 is 0 Å². The molecular formula is C32H27ClN4O10. The molecule has 0 aliphatic heterocycles. The van der Waals surface area contributed by atoms with Crippen LogP contribution >= 0.6 is 11.6 Å². The highest BCUT2D eigenvalue weighted by atomic mass is 35.5. The molecule has 6 rings (SSSR count). The SMILES string of the molecule is COC1=CC(=O)c2c(O)c3c(c(O)c2C1=O)C(=O)[C@]1(CCc2c1c(O)c1c(=O)[nH]c(/C=N/NC(=O)CN(C)C(C)C)cc1c2Cl)C3=O. The van der Waals surface area contributed by atoms with Gasteiger partial charge in [0, 0.05) is 23.1 Å². The number of likely N-dealkylation sites (N-methyl/N-ethyl adjacent to an activating group) is 1. The molecule has 1 atom stereocenters. The largest absolute Gasteiger partial charge is 0.507 e. The molecule has 47 heavy (non-hydrogen) atoms. The second-order valence-electron chi connectivity index (χ2n) is 11.8. The molecular weight excluding hydrogens is 636 g/mol. The second kappa shape index (κ2) is 10.9. The van der Waals surface area contributed by atoms with E-state index in [-0.39, 0.29) is 58.0 Å². The van der Waals surface area contributed by atoms with E-state index in [4.69, 9.17) is 16.3 Å². The monoisotopic (exact) mass is 662 g/mol. The van der Waals surface area contributed by atoms with Crippen LogP contribution in [-0.2, 0) is 21.4 Å². The number of aromatic amines is 1. The third-order valence-electron chi connectivity index (χ3n) is 9.03. The molecule has 1 spiro atoms. The molecule has 1 heterocycles. The summed E-state index contributed by atoms with van der Waals surface area (Å²) in [6.07, 6.45) is 1.67. The smallest absolute Gasteiger partial charge is 0.260 e. The number of aromatic hydroxyl groups is 3. The standard InChI is InChI=1S/C32H27ClN4O10/c1-11(2)37(3)10-17(39)36-34-9-12-7-14-18(31(46)35-12)28(43)23-13(24(14)33)5-6-32(23)29(44)21-22(30(32)45)27(42)20-19(26(21)41)15(38)8-16(47-4)25(20)40/h7-9,11,41-43H,5-6,10H2,1-4H3,(H,35,46)(H,36,39)/b34-9+/t32-/m0/s1. The number of ketones is 4. The van der Waals surface area contributed by atoms with Gasteiger partial charge in [0.15, 0.2) is 23.1 Å². The lowest BCUT2D eigenvalue weighted by Gasteiger charge is -2.23. The molecule has 0 radical (unpaired) electrons. The van der Waals surface area contributed by atoms with E-state index in [0.29, 0.717) is 0 Å². The lowest BCUT2D eigenvalue weighted by molar-refractivity contribution is -0.122. The number of hydrazone groups is 1. The lowest BCUT2D eigenvalue weighted by Crippen LogP contribution is -2.36. The Morgan fingerprint density at radius 1 is 1.09 bits per heavy atom. The zero-order valence-electron chi connectivity index (χ0n) is 25.4. The summed E-state index contributed by atoms with van der Waals surface area (Å²) < 4.78 is 4.91. The average Bonchev–Trinajstić information content (AvgIpc) is 3.52. The Bertz CT molecular complexity index is 2150. The number of phenolic OH excluding ortho intramolecular Hbond substituents is 3. The van der Waals surface area contributed by atoms with Crippen LogP contribution in [0.25, 0.3) is 10.8 Å². The zero-order valence-corrected chi connectivity index (χ0v) is 26.2. The molecule has 14 nitrogen and oxygen atoms in total. The summed E-state index contributed by atoms with van der Waals surface area (Å²) in [5.74, 6) is -7.56. The van der Waals surface area contributed by atoms with Gasteiger partial charge in [-0.1, -0.05) is 11.6 Å². The maximum atomic E-state index is 14.2. The number of rotatable bonds is 6. The Morgan fingerprint density at radius 2 is 1.72 bits per heavy atom. The predicted octanol–water partition coefficient (Wildman–Crippen LogP) is 2.26. The molecule has 0 saturated carbocycles. The Hall–Kier alpha value is -5.34. The number of phenols is 3. The molecule has 242 valence electrons. The fourth-order valence-corrected chi connectivity index (χ4v) is 6.83. The minimum atomic E-state index is -2.23. The molecule has 1 aromatic heterocycles. The maximum Gasteiger partial charge on any atom is 0.260 e. The van der Waals surface area contributed by atoms with Crippen molar-refractivity contribution in [3.63, 3.8) is 0 Å². The number of hydrogen-bond donors (Lipinski definition) is 5. The maximum absolute atomic E-state index is 14.2. The van der Waals surface area contributed by atoms with Crippen LogP contribution in [0, 0.1) is 0 Å². The Balaban J connectivity index is 1.46. The quantitative estimate of drug-likeness (QED) is 0.112. The van der Waals surface area contributed by atoms with Gasteiger partial charge in [-0.15, -0.1) is 0 Å². The predicted molar refractivity (Wildman–Crippen MR) is 167 cm³/mol. The van der Waals surface area contributed by atoms with Crippen molar-refractivity contribution in [1.29, 1.82) is 0 Å². The molecule has 0 unspecified atom stereocenters.